The largest absolute Gasteiger partial charge is 0.395 e. The van der Waals surface area contributed by atoms with Crippen LogP contribution in [-0.4, -0.2) is 21.3 Å². The molecule has 1 aliphatic rings. The molecule has 0 unspecified atom stereocenters. The van der Waals surface area contributed by atoms with E-state index in [-0.39, 0.29) is 6.61 Å². The van der Waals surface area contributed by atoms with Crippen molar-refractivity contribution in [2.75, 3.05) is 6.61 Å². The molecule has 2 aromatic rings. The van der Waals surface area contributed by atoms with Crippen molar-refractivity contribution in [3.63, 3.8) is 0 Å². The average molecular weight is 237 g/mol. The molecule has 1 heterocycles. The van der Waals surface area contributed by atoms with Gasteiger partial charge < -0.3 is 9.67 Å². The van der Waals surface area contributed by atoms with Gasteiger partial charge in [0.25, 0.3) is 0 Å². The van der Waals surface area contributed by atoms with Crippen molar-refractivity contribution in [2.45, 2.75) is 25.3 Å². The number of aliphatic hydroxyl groups excluding tert-OH is 1. The summed E-state index contributed by atoms with van der Waals surface area (Å²) in [6.07, 6.45) is 2.42. The first-order valence-electron chi connectivity index (χ1n) is 5.56. The van der Waals surface area contributed by atoms with Crippen LogP contribution < -0.4 is 0 Å². The fraction of sp³-hybridized carbons (Fsp3) is 0.417. The number of fused-ring (bicyclic) bond motifs is 1. The summed E-state index contributed by atoms with van der Waals surface area (Å²) in [5.74, 6) is 1.68. The Balaban J connectivity index is 2.20. The molecule has 1 aromatic heterocycles. The van der Waals surface area contributed by atoms with Crippen LogP contribution in [0.4, 0.5) is 0 Å². The van der Waals surface area contributed by atoms with Gasteiger partial charge in [-0.3, -0.25) is 0 Å². The molecular weight excluding hydrogens is 224 g/mol. The summed E-state index contributed by atoms with van der Waals surface area (Å²) < 4.78 is 2.10. The summed E-state index contributed by atoms with van der Waals surface area (Å²) in [5, 5.41) is 9.83. The molecule has 3 rings (SSSR count). The monoisotopic (exact) mass is 236 g/mol. The topological polar surface area (TPSA) is 38.0 Å². The summed E-state index contributed by atoms with van der Waals surface area (Å²) in [6.45, 7) is 0.736. The predicted molar refractivity (Wildman–Crippen MR) is 63.8 cm³/mol. The molecule has 1 N–H and O–H groups in total. The van der Waals surface area contributed by atoms with Crippen LogP contribution in [0.3, 0.4) is 0 Å². The molecule has 0 atom stereocenters. The molecular formula is C12H13ClN2O. The van der Waals surface area contributed by atoms with E-state index in [1.54, 1.807) is 0 Å². The van der Waals surface area contributed by atoms with E-state index >= 15 is 0 Å². The van der Waals surface area contributed by atoms with Crippen LogP contribution in [0.15, 0.2) is 18.2 Å². The highest BCUT2D eigenvalue weighted by Crippen LogP contribution is 2.40. The zero-order valence-corrected chi connectivity index (χ0v) is 9.61. The molecule has 0 aliphatic heterocycles. The molecule has 0 spiro atoms. The number of benzene rings is 1. The maximum Gasteiger partial charge on any atom is 0.113 e. The lowest BCUT2D eigenvalue weighted by atomic mass is 10.3. The number of imidazole rings is 1. The van der Waals surface area contributed by atoms with Gasteiger partial charge in [0, 0.05) is 17.5 Å². The zero-order chi connectivity index (χ0) is 11.1. The molecule has 0 saturated heterocycles. The van der Waals surface area contributed by atoms with E-state index in [4.69, 9.17) is 16.7 Å². The normalized spacial score (nSPS) is 15.9. The van der Waals surface area contributed by atoms with Crippen molar-refractivity contribution in [3.8, 4) is 0 Å². The minimum atomic E-state index is 0.137. The fourth-order valence-corrected chi connectivity index (χ4v) is 2.27. The first kappa shape index (κ1) is 10.1. The highest BCUT2D eigenvalue weighted by molar-refractivity contribution is 6.31. The third kappa shape index (κ3) is 1.60. The highest BCUT2D eigenvalue weighted by Gasteiger charge is 2.29. The minimum Gasteiger partial charge on any atom is -0.395 e. The lowest BCUT2D eigenvalue weighted by Gasteiger charge is -2.05. The van der Waals surface area contributed by atoms with Gasteiger partial charge in [0.15, 0.2) is 0 Å². The lowest BCUT2D eigenvalue weighted by molar-refractivity contribution is 0.276. The lowest BCUT2D eigenvalue weighted by Crippen LogP contribution is -2.05. The number of hydrogen-bond acceptors (Lipinski definition) is 2. The summed E-state index contributed by atoms with van der Waals surface area (Å²) in [5.41, 5.74) is 2.00. The van der Waals surface area contributed by atoms with Gasteiger partial charge in [-0.1, -0.05) is 11.6 Å². The Bertz CT molecular complexity index is 531. The van der Waals surface area contributed by atoms with Gasteiger partial charge in [-0.05, 0) is 31.0 Å². The minimum absolute atomic E-state index is 0.137. The van der Waals surface area contributed by atoms with Crippen molar-refractivity contribution in [3.05, 3.63) is 29.0 Å². The molecule has 1 fully saturated rings. The second kappa shape index (κ2) is 3.75. The van der Waals surface area contributed by atoms with Crippen LogP contribution in [0.1, 0.15) is 24.6 Å². The van der Waals surface area contributed by atoms with Crippen LogP contribution in [-0.2, 0) is 6.54 Å². The van der Waals surface area contributed by atoms with Crippen LogP contribution in [0, 0.1) is 0 Å². The average Bonchev–Trinajstić information content (AvgIpc) is 3.05. The molecule has 1 aliphatic carbocycles. The van der Waals surface area contributed by atoms with Gasteiger partial charge in [0.05, 0.1) is 17.6 Å². The standard InChI is InChI=1S/C12H13ClN2O/c13-9-3-4-10-11(7-9)15(5-6-16)12(14-10)8-1-2-8/h3-4,7-8,16H,1-2,5-6H2. The quantitative estimate of drug-likeness (QED) is 0.890. The summed E-state index contributed by atoms with van der Waals surface area (Å²) >= 11 is 5.99. The van der Waals surface area contributed by atoms with Gasteiger partial charge >= 0.3 is 0 Å². The maximum absolute atomic E-state index is 9.11. The Labute approximate surface area is 98.7 Å². The Kier molecular flexibility index (Phi) is 2.37. The Morgan fingerprint density at radius 1 is 1.44 bits per heavy atom. The van der Waals surface area contributed by atoms with Crippen molar-refractivity contribution < 1.29 is 5.11 Å². The van der Waals surface area contributed by atoms with Crippen molar-refractivity contribution >= 4 is 22.6 Å². The summed E-state index contributed by atoms with van der Waals surface area (Å²) in [4.78, 5) is 4.63. The zero-order valence-electron chi connectivity index (χ0n) is 8.86. The van der Waals surface area contributed by atoms with E-state index in [0.717, 1.165) is 16.9 Å². The van der Waals surface area contributed by atoms with Crippen LogP contribution in [0.25, 0.3) is 11.0 Å². The Hall–Kier alpha value is -1.06. The molecule has 4 heteroatoms. The molecule has 0 bridgehead atoms. The van der Waals surface area contributed by atoms with Gasteiger partial charge in [0.2, 0.25) is 0 Å². The van der Waals surface area contributed by atoms with E-state index in [1.807, 2.05) is 18.2 Å². The summed E-state index contributed by atoms with van der Waals surface area (Å²) in [6, 6.07) is 5.72. The molecule has 1 aromatic carbocycles. The molecule has 16 heavy (non-hydrogen) atoms. The SMILES string of the molecule is OCCn1c(C2CC2)nc2ccc(Cl)cc21. The number of aliphatic hydroxyl groups is 1. The van der Waals surface area contributed by atoms with Gasteiger partial charge in [-0.15, -0.1) is 0 Å². The maximum atomic E-state index is 9.11. The third-order valence-corrected chi connectivity index (χ3v) is 3.24. The van der Waals surface area contributed by atoms with E-state index < -0.39 is 0 Å². The van der Waals surface area contributed by atoms with Crippen LogP contribution in [0.2, 0.25) is 5.02 Å². The summed E-state index contributed by atoms with van der Waals surface area (Å²) in [7, 11) is 0. The van der Waals surface area contributed by atoms with Crippen LogP contribution in [0.5, 0.6) is 0 Å². The van der Waals surface area contributed by atoms with Gasteiger partial charge in [0.1, 0.15) is 5.82 Å². The van der Waals surface area contributed by atoms with E-state index in [9.17, 15) is 0 Å². The number of aromatic nitrogens is 2. The van der Waals surface area contributed by atoms with Crippen LogP contribution >= 0.6 is 11.6 Å². The first-order valence-corrected chi connectivity index (χ1v) is 5.94. The number of hydrogen-bond donors (Lipinski definition) is 1. The van der Waals surface area contributed by atoms with Crippen molar-refractivity contribution in [1.82, 2.24) is 9.55 Å². The number of halogens is 1. The van der Waals surface area contributed by atoms with Crippen molar-refractivity contribution in [2.24, 2.45) is 0 Å². The number of rotatable bonds is 3. The molecule has 1 saturated carbocycles. The van der Waals surface area contributed by atoms with E-state index in [0.29, 0.717) is 17.5 Å². The number of nitrogens with zero attached hydrogens (tertiary/aromatic N) is 2. The van der Waals surface area contributed by atoms with Crippen molar-refractivity contribution in [1.29, 1.82) is 0 Å². The third-order valence-electron chi connectivity index (χ3n) is 3.01. The Morgan fingerprint density at radius 2 is 2.25 bits per heavy atom. The molecule has 84 valence electrons. The predicted octanol–water partition coefficient (Wildman–Crippen LogP) is 2.56. The smallest absolute Gasteiger partial charge is 0.113 e. The van der Waals surface area contributed by atoms with Gasteiger partial charge in [-0.25, -0.2) is 4.98 Å². The highest BCUT2D eigenvalue weighted by atomic mass is 35.5. The van der Waals surface area contributed by atoms with E-state index in [1.165, 1.54) is 12.8 Å². The Morgan fingerprint density at radius 3 is 2.94 bits per heavy atom. The first-order chi connectivity index (χ1) is 7.79. The molecule has 0 amide bonds. The second-order valence-corrected chi connectivity index (χ2v) is 4.69. The molecule has 0 radical (unpaired) electrons. The second-order valence-electron chi connectivity index (χ2n) is 4.25. The fourth-order valence-electron chi connectivity index (χ4n) is 2.10. The van der Waals surface area contributed by atoms with Gasteiger partial charge in [-0.2, -0.15) is 0 Å². The van der Waals surface area contributed by atoms with E-state index in [2.05, 4.69) is 9.55 Å². The molecule has 3 nitrogen and oxygen atoms in total.